The number of ether oxygens (including phenoxy) is 1. The van der Waals surface area contributed by atoms with Crippen LogP contribution in [0.2, 0.25) is 0 Å². The molecule has 1 aromatic rings. The Hall–Kier alpha value is -1.28. The first kappa shape index (κ1) is 29.8. The molecule has 0 saturated carbocycles. The van der Waals surface area contributed by atoms with E-state index in [-0.39, 0.29) is 0 Å². The van der Waals surface area contributed by atoms with Gasteiger partial charge in [-0.2, -0.15) is 0 Å². The number of allylic oxidation sites excluding steroid dienone is 2. The summed E-state index contributed by atoms with van der Waals surface area (Å²) in [4.78, 5) is 0. The summed E-state index contributed by atoms with van der Waals surface area (Å²) < 4.78 is 6.19. The quantitative estimate of drug-likeness (QED) is 0.175. The zero-order chi connectivity index (χ0) is 24.7. The molecule has 0 radical (unpaired) electrons. The van der Waals surface area contributed by atoms with Gasteiger partial charge in [0.25, 0.3) is 0 Å². The third-order valence-electron chi connectivity index (χ3n) is 7.16. The fourth-order valence-corrected chi connectivity index (χ4v) is 4.47. The largest absolute Gasteiger partial charge is 0.493 e. The molecule has 0 amide bonds. The molecule has 2 unspecified atom stereocenters. The van der Waals surface area contributed by atoms with Gasteiger partial charge in [0.05, 0.1) is 12.2 Å². The molecule has 1 N–H and O–H groups in total. The molecule has 0 spiro atoms. The lowest BCUT2D eigenvalue weighted by Crippen LogP contribution is -2.24. The van der Waals surface area contributed by atoms with Gasteiger partial charge in [0.1, 0.15) is 5.75 Å². The predicted octanol–water partition coefficient (Wildman–Crippen LogP) is 9.28. The number of hydrogen-bond acceptors (Lipinski definition) is 2. The molecule has 0 aliphatic carbocycles. The Morgan fingerprint density at radius 1 is 1.03 bits per heavy atom. The fraction of sp³-hybridized carbons (Fsp3) is 0.742. The van der Waals surface area contributed by atoms with Crippen molar-refractivity contribution < 1.29 is 9.84 Å². The Balaban J connectivity index is 2.40. The minimum atomic E-state index is -0.530. The van der Waals surface area contributed by atoms with Gasteiger partial charge in [0, 0.05) is 0 Å². The second-order valence-corrected chi connectivity index (χ2v) is 10.8. The number of aryl methyl sites for hydroxylation is 2. The zero-order valence-electron chi connectivity index (χ0n) is 23.1. The fourth-order valence-electron chi connectivity index (χ4n) is 4.47. The Kier molecular flexibility index (Phi) is 14.8. The minimum Gasteiger partial charge on any atom is -0.493 e. The van der Waals surface area contributed by atoms with Crippen LogP contribution in [0.1, 0.15) is 128 Å². The Labute approximate surface area is 206 Å². The van der Waals surface area contributed by atoms with Crippen LogP contribution in [-0.2, 0) is 6.42 Å². The van der Waals surface area contributed by atoms with Crippen molar-refractivity contribution in [2.24, 2.45) is 5.92 Å². The van der Waals surface area contributed by atoms with Gasteiger partial charge in [-0.25, -0.2) is 0 Å². The highest BCUT2D eigenvalue weighted by Gasteiger charge is 2.20. The summed E-state index contributed by atoms with van der Waals surface area (Å²) in [6, 6.07) is 4.50. The third kappa shape index (κ3) is 12.7. The maximum absolute atomic E-state index is 10.8. The van der Waals surface area contributed by atoms with Gasteiger partial charge in [-0.05, 0) is 102 Å². The normalized spacial score (nSPS) is 14.8. The summed E-state index contributed by atoms with van der Waals surface area (Å²) in [5.74, 6) is 1.78. The Morgan fingerprint density at radius 3 is 2.42 bits per heavy atom. The molecule has 2 atom stereocenters. The van der Waals surface area contributed by atoms with Crippen molar-refractivity contribution in [2.75, 3.05) is 6.61 Å². The second kappa shape index (κ2) is 16.4. The molecule has 0 heterocycles. The van der Waals surface area contributed by atoms with Crippen LogP contribution in [0, 0.1) is 19.8 Å². The molecule has 33 heavy (non-hydrogen) atoms. The number of benzene rings is 1. The van der Waals surface area contributed by atoms with Crippen molar-refractivity contribution in [3.63, 3.8) is 0 Å². The van der Waals surface area contributed by atoms with Crippen LogP contribution >= 0.6 is 0 Å². The lowest BCUT2D eigenvalue weighted by Gasteiger charge is -2.24. The summed E-state index contributed by atoms with van der Waals surface area (Å²) in [5.41, 5.74) is 4.92. The summed E-state index contributed by atoms with van der Waals surface area (Å²) in [6.07, 6.45) is 17.0. The average Bonchev–Trinajstić information content (AvgIpc) is 2.76. The first-order valence-corrected chi connectivity index (χ1v) is 13.8. The van der Waals surface area contributed by atoms with E-state index in [1.807, 2.05) is 6.92 Å². The number of unbranched alkanes of at least 4 members (excludes halogenated alkanes) is 3. The predicted molar refractivity (Wildman–Crippen MR) is 145 cm³/mol. The van der Waals surface area contributed by atoms with Crippen molar-refractivity contribution >= 4 is 0 Å². The molecule has 0 aromatic heterocycles. The smallest absolute Gasteiger partial charge is 0.125 e. The van der Waals surface area contributed by atoms with Gasteiger partial charge in [-0.3, -0.25) is 0 Å². The van der Waals surface area contributed by atoms with E-state index >= 15 is 0 Å². The van der Waals surface area contributed by atoms with E-state index in [2.05, 4.69) is 59.8 Å². The highest BCUT2D eigenvalue weighted by Crippen LogP contribution is 2.30. The second-order valence-electron chi connectivity index (χ2n) is 10.8. The first-order chi connectivity index (χ1) is 15.7. The van der Waals surface area contributed by atoms with Crippen LogP contribution in [0.15, 0.2) is 23.8 Å². The SMILES string of the molecule is CCCC/C=C(\C)CCCC(C)(O)CCCC(C)CCc1ccc(C)c(C)c1OCCCC. The molecule has 0 aliphatic rings. The standard InChI is InChI=1S/C31H54O2/c1-8-10-12-15-25(3)16-13-22-31(7,32)23-14-17-26(4)18-20-29-21-19-27(5)28(6)30(29)33-24-11-9-2/h15,19,21,26,32H,8-14,16-18,20,22-24H2,1-7H3/b25-15+. The topological polar surface area (TPSA) is 29.5 Å². The molecule has 2 heteroatoms. The van der Waals surface area contributed by atoms with Crippen molar-refractivity contribution in [2.45, 2.75) is 138 Å². The van der Waals surface area contributed by atoms with Gasteiger partial charge in [-0.15, -0.1) is 0 Å². The van der Waals surface area contributed by atoms with Gasteiger partial charge in [-0.1, -0.05) is 76.7 Å². The van der Waals surface area contributed by atoms with Crippen LogP contribution in [-0.4, -0.2) is 17.3 Å². The molecule has 0 bridgehead atoms. The van der Waals surface area contributed by atoms with E-state index in [4.69, 9.17) is 4.74 Å². The number of rotatable bonds is 18. The summed E-state index contributed by atoms with van der Waals surface area (Å²) in [6.45, 7) is 16.2. The van der Waals surface area contributed by atoms with Crippen LogP contribution in [0.25, 0.3) is 0 Å². The van der Waals surface area contributed by atoms with E-state index < -0.39 is 5.60 Å². The van der Waals surface area contributed by atoms with Gasteiger partial charge in [0.2, 0.25) is 0 Å². The van der Waals surface area contributed by atoms with Gasteiger partial charge < -0.3 is 9.84 Å². The van der Waals surface area contributed by atoms with Crippen LogP contribution in [0.3, 0.4) is 0 Å². The van der Waals surface area contributed by atoms with E-state index in [9.17, 15) is 5.11 Å². The van der Waals surface area contributed by atoms with Crippen LogP contribution in [0.5, 0.6) is 5.75 Å². The molecule has 2 nitrogen and oxygen atoms in total. The zero-order valence-corrected chi connectivity index (χ0v) is 23.1. The van der Waals surface area contributed by atoms with E-state index in [1.165, 1.54) is 54.4 Å². The molecular formula is C31H54O2. The molecule has 0 aliphatic heterocycles. The third-order valence-corrected chi connectivity index (χ3v) is 7.16. The summed E-state index contributed by atoms with van der Waals surface area (Å²) in [7, 11) is 0. The average molecular weight is 459 g/mol. The van der Waals surface area contributed by atoms with Crippen LogP contribution in [0.4, 0.5) is 0 Å². The maximum atomic E-state index is 10.8. The minimum absolute atomic E-state index is 0.530. The lowest BCUT2D eigenvalue weighted by atomic mass is 9.88. The molecule has 1 aromatic carbocycles. The van der Waals surface area contributed by atoms with Crippen molar-refractivity contribution in [1.82, 2.24) is 0 Å². The number of aliphatic hydroxyl groups is 1. The molecule has 1 rings (SSSR count). The van der Waals surface area contributed by atoms with E-state index in [0.717, 1.165) is 63.7 Å². The highest BCUT2D eigenvalue weighted by molar-refractivity contribution is 5.45. The van der Waals surface area contributed by atoms with E-state index in [0.29, 0.717) is 5.92 Å². The Morgan fingerprint density at radius 2 is 1.73 bits per heavy atom. The van der Waals surface area contributed by atoms with Crippen molar-refractivity contribution in [1.29, 1.82) is 0 Å². The molecule has 190 valence electrons. The molecule has 0 fully saturated rings. The Bertz CT molecular complexity index is 686. The molecule has 0 saturated heterocycles. The lowest BCUT2D eigenvalue weighted by molar-refractivity contribution is 0.0365. The highest BCUT2D eigenvalue weighted by atomic mass is 16.5. The van der Waals surface area contributed by atoms with Crippen LogP contribution < -0.4 is 4.74 Å². The first-order valence-electron chi connectivity index (χ1n) is 13.8. The van der Waals surface area contributed by atoms with Gasteiger partial charge >= 0.3 is 0 Å². The van der Waals surface area contributed by atoms with Crippen molar-refractivity contribution in [3.8, 4) is 5.75 Å². The van der Waals surface area contributed by atoms with Gasteiger partial charge in [0.15, 0.2) is 0 Å². The maximum Gasteiger partial charge on any atom is 0.125 e. The summed E-state index contributed by atoms with van der Waals surface area (Å²) >= 11 is 0. The van der Waals surface area contributed by atoms with Crippen molar-refractivity contribution in [3.05, 3.63) is 40.5 Å². The molecular weight excluding hydrogens is 404 g/mol. The summed E-state index contributed by atoms with van der Waals surface area (Å²) in [5, 5.41) is 10.8. The number of hydrogen-bond donors (Lipinski definition) is 1. The monoisotopic (exact) mass is 458 g/mol. The van der Waals surface area contributed by atoms with E-state index in [1.54, 1.807) is 0 Å².